The second-order valence-electron chi connectivity index (χ2n) is 12.0. The van der Waals surface area contributed by atoms with Crippen molar-refractivity contribution >= 4 is 17.5 Å². The summed E-state index contributed by atoms with van der Waals surface area (Å²) in [6.45, 7) is 3.93. The van der Waals surface area contributed by atoms with Gasteiger partial charge in [0.05, 0.1) is 36.6 Å². The van der Waals surface area contributed by atoms with Crippen LogP contribution in [-0.2, 0) is 4.79 Å². The third kappa shape index (κ3) is 7.85. The number of pyridine rings is 1. The molecule has 0 bridgehead atoms. The predicted molar refractivity (Wildman–Crippen MR) is 147 cm³/mol. The normalized spacial score (nSPS) is 18.9. The topological polar surface area (TPSA) is 101 Å². The third-order valence-electron chi connectivity index (χ3n) is 8.20. The van der Waals surface area contributed by atoms with E-state index in [1.807, 2.05) is 19.9 Å². The second-order valence-corrected chi connectivity index (χ2v) is 12.0. The molecule has 2 fully saturated rings. The van der Waals surface area contributed by atoms with Crippen LogP contribution in [0.25, 0.3) is 5.65 Å². The molecule has 2 aliphatic rings. The van der Waals surface area contributed by atoms with E-state index in [-0.39, 0.29) is 49.1 Å². The first-order valence-electron chi connectivity index (χ1n) is 14.6. The Bertz CT molecular complexity index is 1460. The highest BCUT2D eigenvalue weighted by Gasteiger charge is 2.40. The van der Waals surface area contributed by atoms with Gasteiger partial charge in [0.15, 0.2) is 5.65 Å². The fraction of sp³-hybridized carbons (Fsp3) is 0.567. The highest BCUT2D eigenvalue weighted by Crippen LogP contribution is 2.43. The van der Waals surface area contributed by atoms with E-state index in [1.54, 1.807) is 30.6 Å². The number of fused-ring (bicyclic) bond motifs is 1. The largest absolute Gasteiger partial charge is 0.389 e. The molecule has 8 nitrogen and oxygen atoms in total. The van der Waals surface area contributed by atoms with Gasteiger partial charge in [0.1, 0.15) is 5.69 Å². The lowest BCUT2D eigenvalue weighted by Crippen LogP contribution is -2.37. The Morgan fingerprint density at radius 1 is 1.00 bits per heavy atom. The molecule has 0 saturated heterocycles. The summed E-state index contributed by atoms with van der Waals surface area (Å²) in [6, 6.07) is 5.72. The molecule has 232 valence electrons. The molecule has 2 atom stereocenters. The zero-order valence-electron chi connectivity index (χ0n) is 24.0. The van der Waals surface area contributed by atoms with Gasteiger partial charge in [-0.3, -0.25) is 9.59 Å². The van der Waals surface area contributed by atoms with Gasteiger partial charge in [-0.2, -0.15) is 18.3 Å². The first-order valence-corrected chi connectivity index (χ1v) is 14.6. The van der Waals surface area contributed by atoms with E-state index in [9.17, 15) is 31.5 Å². The van der Waals surface area contributed by atoms with Gasteiger partial charge in [-0.05, 0) is 67.2 Å². The number of nitrogens with one attached hydrogen (secondary N) is 2. The lowest BCUT2D eigenvalue weighted by Gasteiger charge is -2.33. The minimum absolute atomic E-state index is 0.0820. The molecule has 2 N–H and O–H groups in total. The number of hydrogen-bond donors (Lipinski definition) is 2. The Kier molecular flexibility index (Phi) is 8.71. The number of imidazole rings is 1. The molecule has 0 unspecified atom stereocenters. The van der Waals surface area contributed by atoms with Crippen LogP contribution in [-0.4, -0.2) is 43.5 Å². The Hall–Kier alpha value is -3.64. The number of aromatic nitrogens is 4. The van der Waals surface area contributed by atoms with Crippen molar-refractivity contribution in [3.8, 4) is 0 Å². The van der Waals surface area contributed by atoms with Crippen LogP contribution >= 0.6 is 0 Å². The number of alkyl halides is 5. The van der Waals surface area contributed by atoms with Crippen molar-refractivity contribution in [1.29, 1.82) is 0 Å². The highest BCUT2D eigenvalue weighted by atomic mass is 19.4. The van der Waals surface area contributed by atoms with E-state index in [0.29, 0.717) is 16.9 Å². The molecule has 43 heavy (non-hydrogen) atoms. The minimum atomic E-state index is -4.42. The van der Waals surface area contributed by atoms with E-state index >= 15 is 0 Å². The van der Waals surface area contributed by atoms with Crippen LogP contribution in [0.5, 0.6) is 0 Å². The SMILES string of the molecule is CC(C)c1cccc(C(=O)N[C@H](c2cn3ncc([C@H](NC(=O)CCC(F)(F)F)C4CC4)cc3n2)C2CCC(F)(F)CC2)n1. The molecule has 2 amide bonds. The third-order valence-corrected chi connectivity index (χ3v) is 8.20. The van der Waals surface area contributed by atoms with Crippen molar-refractivity contribution in [3.63, 3.8) is 0 Å². The van der Waals surface area contributed by atoms with Gasteiger partial charge in [-0.15, -0.1) is 0 Å². The summed E-state index contributed by atoms with van der Waals surface area (Å²) in [5.41, 5.74) is 2.44. The van der Waals surface area contributed by atoms with Crippen molar-refractivity contribution in [1.82, 2.24) is 30.2 Å². The minimum Gasteiger partial charge on any atom is -0.349 e. The molecule has 3 aromatic heterocycles. The first kappa shape index (κ1) is 30.8. The Morgan fingerprint density at radius 3 is 2.35 bits per heavy atom. The summed E-state index contributed by atoms with van der Waals surface area (Å²) >= 11 is 0. The number of hydrogen-bond acceptors (Lipinski definition) is 5. The molecule has 0 aromatic carbocycles. The zero-order valence-corrected chi connectivity index (χ0v) is 24.0. The van der Waals surface area contributed by atoms with E-state index in [4.69, 9.17) is 4.98 Å². The van der Waals surface area contributed by atoms with Crippen LogP contribution in [0.4, 0.5) is 22.0 Å². The van der Waals surface area contributed by atoms with Gasteiger partial charge in [0.2, 0.25) is 11.8 Å². The van der Waals surface area contributed by atoms with Crippen molar-refractivity contribution in [2.24, 2.45) is 11.8 Å². The van der Waals surface area contributed by atoms with Gasteiger partial charge < -0.3 is 10.6 Å². The molecular formula is C30H35F5N6O2. The van der Waals surface area contributed by atoms with Gasteiger partial charge in [-0.1, -0.05) is 19.9 Å². The number of amides is 2. The predicted octanol–water partition coefficient (Wildman–Crippen LogP) is 6.45. The molecule has 2 saturated carbocycles. The van der Waals surface area contributed by atoms with Gasteiger partial charge >= 0.3 is 6.18 Å². The van der Waals surface area contributed by atoms with Crippen molar-refractivity contribution in [2.75, 3.05) is 0 Å². The van der Waals surface area contributed by atoms with Crippen LogP contribution in [0, 0.1) is 11.8 Å². The quantitative estimate of drug-likeness (QED) is 0.258. The van der Waals surface area contributed by atoms with Crippen LogP contribution < -0.4 is 10.6 Å². The van der Waals surface area contributed by atoms with Crippen molar-refractivity contribution in [2.45, 2.75) is 95.3 Å². The maximum Gasteiger partial charge on any atom is 0.389 e. The van der Waals surface area contributed by atoms with Crippen LogP contribution in [0.1, 0.15) is 111 Å². The average Bonchev–Trinajstić information content (AvgIpc) is 3.71. The number of carbonyl (C=O) groups is 2. The molecular weight excluding hydrogens is 571 g/mol. The number of halogens is 5. The Balaban J connectivity index is 1.40. The number of nitrogens with zero attached hydrogens (tertiary/aromatic N) is 4. The Labute approximate surface area is 245 Å². The molecule has 3 aromatic rings. The molecule has 3 heterocycles. The van der Waals surface area contributed by atoms with E-state index in [0.717, 1.165) is 18.5 Å². The molecule has 0 radical (unpaired) electrons. The standard InChI is InChI=1S/C30H35F5N6O2/c1-17(2)21-4-3-5-22(37-21)28(43)40-27(19-8-11-29(31,32)12-9-19)23-16-41-24(38-23)14-20(15-36-41)26(18-6-7-18)39-25(42)10-13-30(33,34)35/h3-5,14-19,26-27H,6-13H2,1-2H3,(H,39,42)(H,40,43)/t26-,27+/m1/s1. The Morgan fingerprint density at radius 2 is 1.70 bits per heavy atom. The van der Waals surface area contributed by atoms with Crippen molar-refractivity contribution in [3.05, 3.63) is 59.3 Å². The van der Waals surface area contributed by atoms with Crippen LogP contribution in [0.2, 0.25) is 0 Å². The fourth-order valence-electron chi connectivity index (χ4n) is 5.58. The summed E-state index contributed by atoms with van der Waals surface area (Å²) in [5, 5.41) is 10.1. The molecule has 5 rings (SSSR count). The number of rotatable bonds is 10. The summed E-state index contributed by atoms with van der Waals surface area (Å²) in [5.74, 6) is -3.99. The summed E-state index contributed by atoms with van der Waals surface area (Å²) in [6.07, 6.45) is -1.66. The summed E-state index contributed by atoms with van der Waals surface area (Å²) in [7, 11) is 0. The fourth-order valence-corrected chi connectivity index (χ4v) is 5.58. The zero-order chi connectivity index (χ0) is 30.9. The summed E-state index contributed by atoms with van der Waals surface area (Å²) < 4.78 is 67.4. The van der Waals surface area contributed by atoms with Gasteiger partial charge in [-0.25, -0.2) is 23.3 Å². The van der Waals surface area contributed by atoms with E-state index < -0.39 is 48.8 Å². The van der Waals surface area contributed by atoms with Crippen LogP contribution in [0.3, 0.4) is 0 Å². The highest BCUT2D eigenvalue weighted by molar-refractivity contribution is 5.92. The number of carbonyl (C=O) groups excluding carboxylic acids is 2. The molecule has 2 aliphatic carbocycles. The van der Waals surface area contributed by atoms with E-state index in [1.165, 1.54) is 4.52 Å². The van der Waals surface area contributed by atoms with Gasteiger partial charge in [0, 0.05) is 25.0 Å². The smallest absolute Gasteiger partial charge is 0.349 e. The van der Waals surface area contributed by atoms with Crippen molar-refractivity contribution < 1.29 is 31.5 Å². The maximum atomic E-state index is 14.0. The lowest BCUT2D eigenvalue weighted by atomic mass is 9.81. The first-order chi connectivity index (χ1) is 20.3. The maximum absolute atomic E-state index is 14.0. The summed E-state index contributed by atoms with van der Waals surface area (Å²) in [4.78, 5) is 34.8. The van der Waals surface area contributed by atoms with E-state index in [2.05, 4.69) is 20.7 Å². The molecule has 13 heteroatoms. The average molecular weight is 607 g/mol. The van der Waals surface area contributed by atoms with Crippen LogP contribution in [0.15, 0.2) is 36.7 Å². The van der Waals surface area contributed by atoms with Gasteiger partial charge in [0.25, 0.3) is 5.91 Å². The monoisotopic (exact) mass is 606 g/mol. The molecule has 0 spiro atoms. The second kappa shape index (κ2) is 12.2. The lowest BCUT2D eigenvalue weighted by molar-refractivity contribution is -0.144. The molecule has 0 aliphatic heterocycles.